The molecule has 0 bridgehead atoms. The molecule has 0 radical (unpaired) electrons. The van der Waals surface area contributed by atoms with Gasteiger partial charge >= 0.3 is 0 Å². The average molecular weight is 267 g/mol. The normalized spacial score (nSPS) is 10.6. The molecule has 4 nitrogen and oxygen atoms in total. The summed E-state index contributed by atoms with van der Waals surface area (Å²) >= 11 is 4.99. The van der Waals surface area contributed by atoms with Crippen molar-refractivity contribution >= 4 is 22.9 Å². The number of unbranched alkanes of at least 4 members (excludes halogenated alkanes) is 1. The summed E-state index contributed by atoms with van der Waals surface area (Å²) in [5.74, 6) is 0. The van der Waals surface area contributed by atoms with E-state index in [9.17, 15) is 0 Å². The van der Waals surface area contributed by atoms with Crippen LogP contribution in [-0.4, -0.2) is 29.2 Å². The molecule has 1 heterocycles. The zero-order chi connectivity index (χ0) is 13.4. The molecule has 0 aromatic carbocycles. The number of rotatable bonds is 8. The maximum atomic E-state index is 5.64. The fraction of sp³-hybridized carbons (Fsp3) is 0.538. The van der Waals surface area contributed by atoms with Gasteiger partial charge in [-0.3, -0.25) is 4.98 Å². The van der Waals surface area contributed by atoms with Crippen molar-refractivity contribution in [1.29, 1.82) is 0 Å². The molecule has 0 fully saturated rings. The molecule has 1 rings (SSSR count). The Morgan fingerprint density at radius 1 is 1.50 bits per heavy atom. The predicted octanol–water partition coefficient (Wildman–Crippen LogP) is 2.33. The number of anilines is 1. The van der Waals surface area contributed by atoms with Gasteiger partial charge in [0.2, 0.25) is 0 Å². The van der Waals surface area contributed by atoms with Gasteiger partial charge in [0.1, 0.15) is 4.99 Å². The lowest BCUT2D eigenvalue weighted by Gasteiger charge is -2.11. The summed E-state index contributed by atoms with van der Waals surface area (Å²) in [5, 5.41) is 3.30. The van der Waals surface area contributed by atoms with Gasteiger partial charge in [-0.25, -0.2) is 0 Å². The number of aromatic nitrogens is 1. The fourth-order valence-corrected chi connectivity index (χ4v) is 1.70. The van der Waals surface area contributed by atoms with Crippen molar-refractivity contribution < 1.29 is 4.74 Å². The summed E-state index contributed by atoms with van der Waals surface area (Å²) in [6.45, 7) is 5.75. The number of ether oxygens (including phenoxy) is 1. The molecule has 0 saturated heterocycles. The highest BCUT2D eigenvalue weighted by Crippen LogP contribution is 2.13. The number of hydrogen-bond donors (Lipinski definition) is 2. The molecule has 3 N–H and O–H groups in total. The smallest absolute Gasteiger partial charge is 0.106 e. The van der Waals surface area contributed by atoms with E-state index < -0.39 is 0 Å². The minimum atomic E-state index is 0.303. The molecule has 100 valence electrons. The van der Waals surface area contributed by atoms with Crippen LogP contribution < -0.4 is 11.1 Å². The number of pyridine rings is 1. The Hall–Kier alpha value is -1.20. The summed E-state index contributed by atoms with van der Waals surface area (Å²) in [6, 6.07) is 1.83. The molecule has 0 spiro atoms. The Labute approximate surface area is 114 Å². The van der Waals surface area contributed by atoms with Gasteiger partial charge in [0.05, 0.1) is 18.0 Å². The van der Waals surface area contributed by atoms with Crippen LogP contribution in [0.5, 0.6) is 0 Å². The third-order valence-electron chi connectivity index (χ3n) is 2.42. The minimum Gasteiger partial charge on any atom is -0.389 e. The number of nitrogens with zero attached hydrogens (tertiary/aromatic N) is 1. The van der Waals surface area contributed by atoms with Crippen LogP contribution in [0.15, 0.2) is 18.5 Å². The molecule has 1 aromatic heterocycles. The Morgan fingerprint density at radius 2 is 2.28 bits per heavy atom. The van der Waals surface area contributed by atoms with Gasteiger partial charge in [-0.2, -0.15) is 0 Å². The number of nitrogens with two attached hydrogens (primary N) is 1. The number of nitrogens with one attached hydrogen (secondary N) is 1. The third kappa shape index (κ3) is 5.42. The van der Waals surface area contributed by atoms with Crippen LogP contribution in [0.2, 0.25) is 0 Å². The molecule has 1 aromatic rings. The van der Waals surface area contributed by atoms with Gasteiger partial charge < -0.3 is 15.8 Å². The topological polar surface area (TPSA) is 60.2 Å². The molecule has 18 heavy (non-hydrogen) atoms. The zero-order valence-corrected chi connectivity index (χ0v) is 11.8. The van der Waals surface area contributed by atoms with Crippen molar-refractivity contribution in [1.82, 2.24) is 4.98 Å². The van der Waals surface area contributed by atoms with E-state index in [1.807, 2.05) is 19.9 Å². The van der Waals surface area contributed by atoms with Gasteiger partial charge in [-0.15, -0.1) is 0 Å². The minimum absolute atomic E-state index is 0.303. The first-order valence-corrected chi connectivity index (χ1v) is 6.61. The first kappa shape index (κ1) is 14.9. The van der Waals surface area contributed by atoms with Gasteiger partial charge in [-0.1, -0.05) is 12.2 Å². The lowest BCUT2D eigenvalue weighted by Crippen LogP contribution is -2.14. The maximum Gasteiger partial charge on any atom is 0.106 e. The third-order valence-corrected chi connectivity index (χ3v) is 2.64. The van der Waals surface area contributed by atoms with Crippen LogP contribution in [0.3, 0.4) is 0 Å². The van der Waals surface area contributed by atoms with E-state index in [2.05, 4.69) is 10.3 Å². The van der Waals surface area contributed by atoms with Crippen LogP contribution >= 0.6 is 12.2 Å². The van der Waals surface area contributed by atoms with Crippen molar-refractivity contribution in [3.63, 3.8) is 0 Å². The molecular weight excluding hydrogens is 246 g/mol. The lowest BCUT2D eigenvalue weighted by molar-refractivity contribution is 0.0765. The van der Waals surface area contributed by atoms with Gasteiger partial charge in [-0.05, 0) is 32.8 Å². The monoisotopic (exact) mass is 267 g/mol. The average Bonchev–Trinajstić information content (AvgIpc) is 2.33. The number of hydrogen-bond acceptors (Lipinski definition) is 4. The van der Waals surface area contributed by atoms with E-state index in [1.165, 1.54) is 0 Å². The second-order valence-electron chi connectivity index (χ2n) is 4.34. The molecule has 0 aliphatic rings. The summed E-state index contributed by atoms with van der Waals surface area (Å²) in [6.07, 6.45) is 5.82. The fourth-order valence-electron chi connectivity index (χ4n) is 1.52. The zero-order valence-electron chi connectivity index (χ0n) is 11.0. The Morgan fingerprint density at radius 3 is 2.94 bits per heavy atom. The highest BCUT2D eigenvalue weighted by Gasteiger charge is 2.03. The molecule has 0 atom stereocenters. The lowest BCUT2D eigenvalue weighted by atomic mass is 10.2. The van der Waals surface area contributed by atoms with Crippen molar-refractivity contribution in [2.24, 2.45) is 5.73 Å². The molecule has 0 aliphatic heterocycles. The van der Waals surface area contributed by atoms with Crippen molar-refractivity contribution in [3.05, 3.63) is 24.0 Å². The largest absolute Gasteiger partial charge is 0.389 e. The highest BCUT2D eigenvalue weighted by atomic mass is 32.1. The molecule has 0 unspecified atom stereocenters. The summed E-state index contributed by atoms with van der Waals surface area (Å²) < 4.78 is 5.48. The summed E-state index contributed by atoms with van der Waals surface area (Å²) in [5.41, 5.74) is 7.39. The van der Waals surface area contributed by atoms with Gasteiger partial charge in [0.15, 0.2) is 0 Å². The van der Waals surface area contributed by atoms with E-state index in [0.717, 1.165) is 37.2 Å². The second-order valence-corrected chi connectivity index (χ2v) is 4.78. The van der Waals surface area contributed by atoms with Crippen LogP contribution in [-0.2, 0) is 4.74 Å². The molecule has 0 aliphatic carbocycles. The Balaban J connectivity index is 2.29. The van der Waals surface area contributed by atoms with E-state index in [-0.39, 0.29) is 0 Å². The summed E-state index contributed by atoms with van der Waals surface area (Å²) in [4.78, 5) is 4.46. The summed E-state index contributed by atoms with van der Waals surface area (Å²) in [7, 11) is 0. The van der Waals surface area contributed by atoms with Gasteiger partial charge in [0, 0.05) is 24.9 Å². The Bertz CT molecular complexity index is 382. The van der Waals surface area contributed by atoms with Crippen LogP contribution in [0.1, 0.15) is 32.3 Å². The first-order chi connectivity index (χ1) is 8.61. The van der Waals surface area contributed by atoms with Crippen molar-refractivity contribution in [2.45, 2.75) is 32.8 Å². The highest BCUT2D eigenvalue weighted by molar-refractivity contribution is 7.80. The van der Waals surface area contributed by atoms with Crippen LogP contribution in [0.25, 0.3) is 0 Å². The first-order valence-electron chi connectivity index (χ1n) is 6.20. The van der Waals surface area contributed by atoms with E-state index in [0.29, 0.717) is 11.1 Å². The van der Waals surface area contributed by atoms with Gasteiger partial charge in [0.25, 0.3) is 0 Å². The van der Waals surface area contributed by atoms with Crippen molar-refractivity contribution in [2.75, 3.05) is 18.5 Å². The molecule has 0 amide bonds. The van der Waals surface area contributed by atoms with Crippen LogP contribution in [0, 0.1) is 0 Å². The standard InChI is InChI=1S/C13H21N3OS/c1-10(2)17-8-4-3-6-16-12-9-15-7-5-11(12)13(14)18/h5,7,9-10,16H,3-4,6,8H2,1-2H3,(H2,14,18). The van der Waals surface area contributed by atoms with Crippen LogP contribution in [0.4, 0.5) is 5.69 Å². The van der Waals surface area contributed by atoms with Crippen molar-refractivity contribution in [3.8, 4) is 0 Å². The molecular formula is C13H21N3OS. The van der Waals surface area contributed by atoms with E-state index in [1.54, 1.807) is 12.4 Å². The quantitative estimate of drug-likeness (QED) is 0.559. The SMILES string of the molecule is CC(C)OCCCCNc1cnccc1C(N)=S. The molecule has 0 saturated carbocycles. The van der Waals surface area contributed by atoms with E-state index in [4.69, 9.17) is 22.7 Å². The molecule has 5 heteroatoms. The maximum absolute atomic E-state index is 5.64. The number of thiocarbonyl (C=S) groups is 1. The second kappa shape index (κ2) is 8.00. The Kier molecular flexibility index (Phi) is 6.60. The predicted molar refractivity (Wildman–Crippen MR) is 78.9 cm³/mol. The van der Waals surface area contributed by atoms with E-state index >= 15 is 0 Å².